The van der Waals surface area contributed by atoms with Gasteiger partial charge in [0.05, 0.1) is 10.3 Å². The molecular formula is C18H17F3N2O3S. The van der Waals surface area contributed by atoms with Gasteiger partial charge in [-0.2, -0.15) is 13.2 Å². The Bertz CT molecular complexity index is 955. The molecule has 2 aliphatic rings. The monoisotopic (exact) mass is 398 g/mol. The number of carbonyl (C=O) groups is 2. The molecule has 0 aromatic carbocycles. The van der Waals surface area contributed by atoms with Gasteiger partial charge >= 0.3 is 12.1 Å². The van der Waals surface area contributed by atoms with E-state index in [2.05, 4.69) is 4.98 Å². The van der Waals surface area contributed by atoms with Crippen molar-refractivity contribution in [3.8, 4) is 0 Å². The van der Waals surface area contributed by atoms with E-state index in [4.69, 9.17) is 0 Å². The Kier molecular flexibility index (Phi) is 3.99. The van der Waals surface area contributed by atoms with Crippen LogP contribution in [0.4, 0.5) is 13.2 Å². The Morgan fingerprint density at radius 3 is 2.74 bits per heavy atom. The highest BCUT2D eigenvalue weighted by molar-refractivity contribution is 7.20. The second kappa shape index (κ2) is 5.92. The van der Waals surface area contributed by atoms with Crippen LogP contribution in [0.3, 0.4) is 0 Å². The standard InChI is InChI=1S/C18H17F3N2O3S/c1-9-11-4-5-12(18(19,20)21)22-14(11)27-13(9)15(24)23-7-10-3-2-6-17(10,8-23)16(25)26/h4-5,10H,2-3,6-8H2,1H3,(H,25,26)/t10-,17+/m0/s1. The summed E-state index contributed by atoms with van der Waals surface area (Å²) in [5.41, 5.74) is -1.29. The van der Waals surface area contributed by atoms with Gasteiger partial charge in [0.15, 0.2) is 0 Å². The van der Waals surface area contributed by atoms with E-state index in [9.17, 15) is 27.9 Å². The second-order valence-corrected chi connectivity index (χ2v) is 8.34. The van der Waals surface area contributed by atoms with Crippen molar-refractivity contribution in [3.63, 3.8) is 0 Å². The fourth-order valence-electron chi connectivity index (χ4n) is 4.40. The van der Waals surface area contributed by atoms with Gasteiger partial charge < -0.3 is 10.0 Å². The minimum Gasteiger partial charge on any atom is -0.481 e. The van der Waals surface area contributed by atoms with Crippen LogP contribution in [0.1, 0.15) is 40.2 Å². The second-order valence-electron chi connectivity index (χ2n) is 7.34. The van der Waals surface area contributed by atoms with Crippen LogP contribution < -0.4 is 0 Å². The largest absolute Gasteiger partial charge is 0.481 e. The molecule has 1 saturated carbocycles. The molecule has 1 aliphatic heterocycles. The smallest absolute Gasteiger partial charge is 0.433 e. The summed E-state index contributed by atoms with van der Waals surface area (Å²) in [6, 6.07) is 2.25. The molecule has 2 aromatic heterocycles. The van der Waals surface area contributed by atoms with Gasteiger partial charge in [-0.1, -0.05) is 6.42 Å². The molecule has 5 nitrogen and oxygen atoms in total. The van der Waals surface area contributed by atoms with Crippen molar-refractivity contribution in [1.29, 1.82) is 0 Å². The lowest BCUT2D eigenvalue weighted by atomic mass is 9.81. The topological polar surface area (TPSA) is 70.5 Å². The molecule has 4 rings (SSSR count). The number of halogens is 3. The molecule has 0 bridgehead atoms. The first-order valence-corrected chi connectivity index (χ1v) is 9.45. The number of likely N-dealkylation sites (tertiary alicyclic amines) is 1. The number of carboxylic acid groups (broad SMARTS) is 1. The third kappa shape index (κ3) is 2.70. The molecule has 2 aromatic rings. The molecule has 144 valence electrons. The molecule has 1 amide bonds. The van der Waals surface area contributed by atoms with E-state index in [0.29, 0.717) is 28.8 Å². The van der Waals surface area contributed by atoms with Gasteiger partial charge in [0.25, 0.3) is 5.91 Å². The Labute approximate surface area is 156 Å². The predicted octanol–water partition coefficient (Wildman–Crippen LogP) is 3.95. The average molecular weight is 398 g/mol. The number of thiophene rings is 1. The number of carboxylic acids is 1. The van der Waals surface area contributed by atoms with Crippen molar-refractivity contribution in [2.45, 2.75) is 32.4 Å². The van der Waals surface area contributed by atoms with Crippen LogP contribution in [0.25, 0.3) is 10.2 Å². The number of rotatable bonds is 2. The number of fused-ring (bicyclic) bond motifs is 2. The minimum absolute atomic E-state index is 0.0661. The van der Waals surface area contributed by atoms with Crippen LogP contribution in [0, 0.1) is 18.3 Å². The summed E-state index contributed by atoms with van der Waals surface area (Å²) >= 11 is 0.935. The molecule has 3 heterocycles. The Hall–Kier alpha value is -2.16. The van der Waals surface area contributed by atoms with Crippen LogP contribution in [0.5, 0.6) is 0 Å². The third-order valence-corrected chi connectivity index (χ3v) is 7.06. The van der Waals surface area contributed by atoms with Gasteiger partial charge in [0.2, 0.25) is 0 Å². The molecule has 1 saturated heterocycles. The molecule has 0 radical (unpaired) electrons. The van der Waals surface area contributed by atoms with E-state index in [1.807, 2.05) is 0 Å². The fraction of sp³-hybridized carbons (Fsp3) is 0.500. The molecule has 0 spiro atoms. The van der Waals surface area contributed by atoms with Crippen molar-refractivity contribution in [2.75, 3.05) is 13.1 Å². The van der Waals surface area contributed by atoms with Crippen LogP contribution in [0.15, 0.2) is 12.1 Å². The lowest BCUT2D eigenvalue weighted by molar-refractivity contribution is -0.149. The first kappa shape index (κ1) is 18.2. The maximum atomic E-state index is 13.0. The van der Waals surface area contributed by atoms with Crippen molar-refractivity contribution in [3.05, 3.63) is 28.3 Å². The lowest BCUT2D eigenvalue weighted by Crippen LogP contribution is -2.37. The van der Waals surface area contributed by atoms with E-state index in [1.165, 1.54) is 6.07 Å². The van der Waals surface area contributed by atoms with Crippen molar-refractivity contribution >= 4 is 33.4 Å². The van der Waals surface area contributed by atoms with E-state index in [1.54, 1.807) is 11.8 Å². The summed E-state index contributed by atoms with van der Waals surface area (Å²) in [7, 11) is 0. The highest BCUT2D eigenvalue weighted by Crippen LogP contribution is 2.49. The number of pyridine rings is 1. The van der Waals surface area contributed by atoms with Gasteiger partial charge in [0, 0.05) is 18.5 Å². The number of alkyl halides is 3. The quantitative estimate of drug-likeness (QED) is 0.832. The third-order valence-electron chi connectivity index (χ3n) is 5.87. The summed E-state index contributed by atoms with van der Waals surface area (Å²) in [6.45, 7) is 2.21. The SMILES string of the molecule is Cc1c(C(=O)N2C[C@@H]3CCC[C@@]3(C(=O)O)C2)sc2nc(C(F)(F)F)ccc12. The molecule has 1 aliphatic carbocycles. The van der Waals surface area contributed by atoms with E-state index >= 15 is 0 Å². The maximum absolute atomic E-state index is 13.0. The number of hydrogen-bond donors (Lipinski definition) is 1. The number of hydrogen-bond acceptors (Lipinski definition) is 4. The number of aryl methyl sites for hydroxylation is 1. The fourth-order valence-corrected chi connectivity index (χ4v) is 5.55. The summed E-state index contributed by atoms with van der Waals surface area (Å²) in [5.74, 6) is -1.26. The molecule has 0 unspecified atom stereocenters. The first-order chi connectivity index (χ1) is 12.6. The summed E-state index contributed by atoms with van der Waals surface area (Å²) in [6.07, 6.45) is -2.38. The summed E-state index contributed by atoms with van der Waals surface area (Å²) < 4.78 is 38.7. The maximum Gasteiger partial charge on any atom is 0.433 e. The Morgan fingerprint density at radius 1 is 1.37 bits per heavy atom. The van der Waals surface area contributed by atoms with Crippen LogP contribution >= 0.6 is 11.3 Å². The molecule has 1 N–H and O–H groups in total. The molecule has 27 heavy (non-hydrogen) atoms. The molecule has 2 fully saturated rings. The zero-order valence-electron chi connectivity index (χ0n) is 14.5. The van der Waals surface area contributed by atoms with Crippen molar-refractivity contribution in [1.82, 2.24) is 9.88 Å². The van der Waals surface area contributed by atoms with Crippen LogP contribution in [0.2, 0.25) is 0 Å². The van der Waals surface area contributed by atoms with Gasteiger partial charge in [-0.15, -0.1) is 11.3 Å². The Balaban J connectivity index is 1.68. The molecule has 9 heteroatoms. The van der Waals surface area contributed by atoms with Gasteiger partial charge in [-0.25, -0.2) is 4.98 Å². The Morgan fingerprint density at radius 2 is 2.11 bits per heavy atom. The number of nitrogens with zero attached hydrogens (tertiary/aromatic N) is 2. The lowest BCUT2D eigenvalue weighted by Gasteiger charge is -2.23. The highest BCUT2D eigenvalue weighted by Gasteiger charge is 2.56. The average Bonchev–Trinajstić information content (AvgIpc) is 3.24. The highest BCUT2D eigenvalue weighted by atomic mass is 32.1. The van der Waals surface area contributed by atoms with Crippen molar-refractivity contribution in [2.24, 2.45) is 11.3 Å². The van der Waals surface area contributed by atoms with Crippen LogP contribution in [-0.4, -0.2) is 40.0 Å². The van der Waals surface area contributed by atoms with Gasteiger partial charge in [0.1, 0.15) is 10.5 Å². The zero-order valence-corrected chi connectivity index (χ0v) is 15.3. The normalized spacial score (nSPS) is 25.2. The minimum atomic E-state index is -4.55. The summed E-state index contributed by atoms with van der Waals surface area (Å²) in [4.78, 5) is 30.5. The van der Waals surface area contributed by atoms with E-state index < -0.39 is 23.3 Å². The van der Waals surface area contributed by atoms with Gasteiger partial charge in [-0.05, 0) is 43.4 Å². The predicted molar refractivity (Wildman–Crippen MR) is 92.7 cm³/mol. The molecule has 2 atom stereocenters. The number of aliphatic carboxylic acids is 1. The summed E-state index contributed by atoms with van der Waals surface area (Å²) in [5, 5.41) is 10.2. The van der Waals surface area contributed by atoms with Crippen molar-refractivity contribution < 1.29 is 27.9 Å². The van der Waals surface area contributed by atoms with Gasteiger partial charge in [-0.3, -0.25) is 9.59 Å². The van der Waals surface area contributed by atoms with E-state index in [-0.39, 0.29) is 23.2 Å². The first-order valence-electron chi connectivity index (χ1n) is 8.63. The number of amides is 1. The number of carbonyl (C=O) groups excluding carboxylic acids is 1. The van der Waals surface area contributed by atoms with Crippen LogP contribution in [-0.2, 0) is 11.0 Å². The van der Waals surface area contributed by atoms with E-state index in [0.717, 1.165) is 30.2 Å². The number of aromatic nitrogens is 1. The zero-order chi connectivity index (χ0) is 19.6. The molecular weight excluding hydrogens is 381 g/mol.